The van der Waals surface area contributed by atoms with Crippen LogP contribution < -0.4 is 10.2 Å². The van der Waals surface area contributed by atoms with Gasteiger partial charge in [-0.2, -0.15) is 0 Å². The predicted octanol–water partition coefficient (Wildman–Crippen LogP) is 0.126. The van der Waals surface area contributed by atoms with Gasteiger partial charge in [-0.3, -0.25) is 4.90 Å². The van der Waals surface area contributed by atoms with Crippen molar-refractivity contribution in [2.24, 2.45) is 0 Å². The third-order valence-corrected chi connectivity index (χ3v) is 3.07. The quantitative estimate of drug-likeness (QED) is 0.803. The number of piperazine rings is 1. The second kappa shape index (κ2) is 5.93. The molecule has 1 fully saturated rings. The Kier molecular flexibility index (Phi) is 4.28. The standard InChI is InChI=1S/C12H21N5/c1-11-9-14-12(15-10-11)16(2)7-8-17-5-3-13-4-6-17/h9-10,13H,3-8H2,1-2H3. The second-order valence-electron chi connectivity index (χ2n) is 4.57. The van der Waals surface area contributed by atoms with Crippen LogP contribution in [0.3, 0.4) is 0 Å². The molecule has 1 N–H and O–H groups in total. The lowest BCUT2D eigenvalue weighted by atomic mass is 10.3. The largest absolute Gasteiger partial charge is 0.343 e. The molecule has 0 aromatic carbocycles. The lowest BCUT2D eigenvalue weighted by molar-refractivity contribution is 0.246. The van der Waals surface area contributed by atoms with Crippen LogP contribution in [0.15, 0.2) is 12.4 Å². The van der Waals surface area contributed by atoms with Crippen LogP contribution in [0.1, 0.15) is 5.56 Å². The van der Waals surface area contributed by atoms with Crippen LogP contribution in [-0.4, -0.2) is 61.2 Å². The molecule has 1 aromatic heterocycles. The summed E-state index contributed by atoms with van der Waals surface area (Å²) in [5.74, 6) is 0.811. The number of rotatable bonds is 4. The molecule has 0 radical (unpaired) electrons. The van der Waals surface area contributed by atoms with Crippen LogP contribution in [0.2, 0.25) is 0 Å². The molecule has 0 aliphatic carbocycles. The van der Waals surface area contributed by atoms with Crippen LogP contribution in [-0.2, 0) is 0 Å². The molecular weight excluding hydrogens is 214 g/mol. The normalized spacial score (nSPS) is 17.1. The first-order chi connectivity index (χ1) is 8.25. The van der Waals surface area contributed by atoms with Gasteiger partial charge < -0.3 is 10.2 Å². The highest BCUT2D eigenvalue weighted by atomic mass is 15.3. The van der Waals surface area contributed by atoms with E-state index in [2.05, 4.69) is 25.1 Å². The third-order valence-electron chi connectivity index (χ3n) is 3.07. The van der Waals surface area contributed by atoms with E-state index in [1.807, 2.05) is 26.4 Å². The molecule has 0 amide bonds. The van der Waals surface area contributed by atoms with Crippen molar-refractivity contribution in [1.29, 1.82) is 0 Å². The maximum absolute atomic E-state index is 4.33. The van der Waals surface area contributed by atoms with Crippen molar-refractivity contribution in [3.63, 3.8) is 0 Å². The second-order valence-corrected chi connectivity index (χ2v) is 4.57. The summed E-state index contributed by atoms with van der Waals surface area (Å²) in [5.41, 5.74) is 1.10. The van der Waals surface area contributed by atoms with E-state index in [0.717, 1.165) is 50.8 Å². The topological polar surface area (TPSA) is 44.3 Å². The van der Waals surface area contributed by atoms with E-state index in [9.17, 15) is 0 Å². The van der Waals surface area contributed by atoms with Gasteiger partial charge in [-0.05, 0) is 12.5 Å². The minimum Gasteiger partial charge on any atom is -0.343 e. The van der Waals surface area contributed by atoms with Crippen LogP contribution in [0, 0.1) is 6.92 Å². The molecule has 5 heteroatoms. The smallest absolute Gasteiger partial charge is 0.225 e. The summed E-state index contributed by atoms with van der Waals surface area (Å²) < 4.78 is 0. The minimum atomic E-state index is 0.811. The molecular formula is C12H21N5. The number of anilines is 1. The Balaban J connectivity index is 1.80. The molecule has 0 bridgehead atoms. The zero-order valence-electron chi connectivity index (χ0n) is 10.7. The fourth-order valence-corrected chi connectivity index (χ4v) is 1.91. The zero-order valence-corrected chi connectivity index (χ0v) is 10.7. The Morgan fingerprint density at radius 3 is 2.59 bits per heavy atom. The first-order valence-electron chi connectivity index (χ1n) is 6.18. The summed E-state index contributed by atoms with van der Waals surface area (Å²) in [6, 6.07) is 0. The Hall–Kier alpha value is -1.20. The van der Waals surface area contributed by atoms with Crippen molar-refractivity contribution in [2.75, 3.05) is 51.2 Å². The van der Waals surface area contributed by atoms with Gasteiger partial charge in [0.2, 0.25) is 5.95 Å². The van der Waals surface area contributed by atoms with Gasteiger partial charge in [-0.15, -0.1) is 0 Å². The molecule has 2 rings (SSSR count). The molecule has 1 aliphatic rings. The molecule has 0 atom stereocenters. The van der Waals surface area contributed by atoms with E-state index in [0.29, 0.717) is 0 Å². The maximum atomic E-state index is 4.33. The highest BCUT2D eigenvalue weighted by Crippen LogP contribution is 2.04. The van der Waals surface area contributed by atoms with Gasteiger partial charge in [-0.25, -0.2) is 9.97 Å². The van der Waals surface area contributed by atoms with E-state index >= 15 is 0 Å². The number of aryl methyl sites for hydroxylation is 1. The van der Waals surface area contributed by atoms with Crippen molar-refractivity contribution >= 4 is 5.95 Å². The van der Waals surface area contributed by atoms with Gasteiger partial charge in [0.25, 0.3) is 0 Å². The van der Waals surface area contributed by atoms with Crippen molar-refractivity contribution < 1.29 is 0 Å². The summed E-state index contributed by atoms with van der Waals surface area (Å²) >= 11 is 0. The van der Waals surface area contributed by atoms with Gasteiger partial charge in [0, 0.05) is 58.7 Å². The van der Waals surface area contributed by atoms with Gasteiger partial charge in [0.15, 0.2) is 0 Å². The number of hydrogen-bond donors (Lipinski definition) is 1. The van der Waals surface area contributed by atoms with E-state index in [-0.39, 0.29) is 0 Å². The molecule has 1 saturated heterocycles. The maximum Gasteiger partial charge on any atom is 0.225 e. The highest BCUT2D eigenvalue weighted by molar-refractivity contribution is 5.27. The van der Waals surface area contributed by atoms with Crippen molar-refractivity contribution in [3.8, 4) is 0 Å². The summed E-state index contributed by atoms with van der Waals surface area (Å²) in [4.78, 5) is 13.2. The predicted molar refractivity (Wildman–Crippen MR) is 69.3 cm³/mol. The lowest BCUT2D eigenvalue weighted by Crippen LogP contribution is -2.46. The Bertz CT molecular complexity index is 331. The average molecular weight is 235 g/mol. The minimum absolute atomic E-state index is 0.811. The van der Waals surface area contributed by atoms with Crippen molar-refractivity contribution in [3.05, 3.63) is 18.0 Å². The molecule has 5 nitrogen and oxygen atoms in total. The Labute approximate surface area is 103 Å². The van der Waals surface area contributed by atoms with E-state index in [1.165, 1.54) is 0 Å². The molecule has 17 heavy (non-hydrogen) atoms. The SMILES string of the molecule is Cc1cnc(N(C)CCN2CCNCC2)nc1. The number of hydrogen-bond acceptors (Lipinski definition) is 5. The monoisotopic (exact) mass is 235 g/mol. The zero-order chi connectivity index (χ0) is 12.1. The van der Waals surface area contributed by atoms with Crippen LogP contribution in [0.4, 0.5) is 5.95 Å². The van der Waals surface area contributed by atoms with Gasteiger partial charge in [0.05, 0.1) is 0 Å². The molecule has 0 saturated carbocycles. The summed E-state index contributed by atoms with van der Waals surface area (Å²) in [7, 11) is 2.05. The number of nitrogens with one attached hydrogen (secondary N) is 1. The number of likely N-dealkylation sites (N-methyl/N-ethyl adjacent to an activating group) is 1. The van der Waals surface area contributed by atoms with E-state index in [1.54, 1.807) is 0 Å². The number of aromatic nitrogens is 2. The fraction of sp³-hybridized carbons (Fsp3) is 0.667. The highest BCUT2D eigenvalue weighted by Gasteiger charge is 2.11. The van der Waals surface area contributed by atoms with Gasteiger partial charge >= 0.3 is 0 Å². The van der Waals surface area contributed by atoms with Gasteiger partial charge in [-0.1, -0.05) is 0 Å². The Morgan fingerprint density at radius 2 is 1.94 bits per heavy atom. The summed E-state index contributed by atoms with van der Waals surface area (Å²) in [6.07, 6.45) is 3.73. The molecule has 1 aromatic rings. The van der Waals surface area contributed by atoms with Crippen molar-refractivity contribution in [2.45, 2.75) is 6.92 Å². The third kappa shape index (κ3) is 3.64. The van der Waals surface area contributed by atoms with Crippen molar-refractivity contribution in [1.82, 2.24) is 20.2 Å². The molecule has 0 unspecified atom stereocenters. The molecule has 94 valence electrons. The van der Waals surface area contributed by atoms with Gasteiger partial charge in [0.1, 0.15) is 0 Å². The first-order valence-corrected chi connectivity index (χ1v) is 6.18. The first kappa shape index (κ1) is 12.3. The fourth-order valence-electron chi connectivity index (χ4n) is 1.91. The number of nitrogens with zero attached hydrogens (tertiary/aromatic N) is 4. The van der Waals surface area contributed by atoms with Crippen LogP contribution in [0.25, 0.3) is 0 Å². The molecule has 2 heterocycles. The lowest BCUT2D eigenvalue weighted by Gasteiger charge is -2.29. The van der Waals surface area contributed by atoms with Crippen LogP contribution in [0.5, 0.6) is 0 Å². The van der Waals surface area contributed by atoms with E-state index in [4.69, 9.17) is 0 Å². The van der Waals surface area contributed by atoms with Crippen LogP contribution >= 0.6 is 0 Å². The summed E-state index contributed by atoms with van der Waals surface area (Å²) in [6.45, 7) is 8.55. The summed E-state index contributed by atoms with van der Waals surface area (Å²) in [5, 5.41) is 3.36. The molecule has 1 aliphatic heterocycles. The Morgan fingerprint density at radius 1 is 1.29 bits per heavy atom. The average Bonchev–Trinajstić information content (AvgIpc) is 2.38. The molecule has 0 spiro atoms. The van der Waals surface area contributed by atoms with E-state index < -0.39 is 0 Å².